The van der Waals surface area contributed by atoms with Gasteiger partial charge in [0.05, 0.1) is 17.6 Å². The maximum Gasteiger partial charge on any atom is 0.167 e. The Morgan fingerprint density at radius 1 is 1.19 bits per heavy atom. The molecule has 2 aromatic rings. The zero-order chi connectivity index (χ0) is 19.6. The van der Waals surface area contributed by atoms with E-state index in [0.29, 0.717) is 23.4 Å². The summed E-state index contributed by atoms with van der Waals surface area (Å²) >= 11 is 0. The first-order valence-corrected chi connectivity index (χ1v) is 9.21. The Kier molecular flexibility index (Phi) is 8.07. The molecule has 2 N–H and O–H groups in total. The van der Waals surface area contributed by atoms with Gasteiger partial charge in [-0.2, -0.15) is 0 Å². The van der Waals surface area contributed by atoms with Gasteiger partial charge in [0.15, 0.2) is 6.29 Å². The molecule has 0 radical (unpaired) electrons. The summed E-state index contributed by atoms with van der Waals surface area (Å²) < 4.78 is 12.8. The minimum absolute atomic E-state index is 0.251. The molecule has 27 heavy (non-hydrogen) atoms. The molecule has 0 aliphatic carbocycles. The van der Waals surface area contributed by atoms with Crippen LogP contribution >= 0.6 is 0 Å². The molecule has 1 aliphatic rings. The Bertz CT molecular complexity index is 772. The molecule has 6 heteroatoms. The zero-order valence-electron chi connectivity index (χ0n) is 16.0. The van der Waals surface area contributed by atoms with Crippen molar-refractivity contribution in [3.8, 4) is 0 Å². The van der Waals surface area contributed by atoms with Crippen LogP contribution in [0.3, 0.4) is 0 Å². The largest absolute Gasteiger partial charge is 0.336 e. The first kappa shape index (κ1) is 20.7. The number of aromatic amines is 1. The molecule has 0 spiro atoms. The van der Waals surface area contributed by atoms with E-state index in [2.05, 4.69) is 21.9 Å². The number of rotatable bonds is 4. The van der Waals surface area contributed by atoms with Crippen LogP contribution in [-0.2, 0) is 0 Å². The third-order valence-electron chi connectivity index (χ3n) is 4.44. The molecule has 0 atom stereocenters. The molecule has 2 heterocycles. The molecule has 1 saturated heterocycles. The number of benzene rings is 1. The van der Waals surface area contributed by atoms with Gasteiger partial charge >= 0.3 is 0 Å². The second-order valence-electron chi connectivity index (χ2n) is 6.77. The number of aromatic nitrogens is 2. The number of aldehydes is 1. The third kappa shape index (κ3) is 6.90. The van der Waals surface area contributed by atoms with Gasteiger partial charge in [-0.25, -0.2) is 9.37 Å². The number of imidazole rings is 1. The quantitative estimate of drug-likeness (QED) is 0.622. The van der Waals surface area contributed by atoms with Crippen molar-refractivity contribution < 1.29 is 9.18 Å². The smallest absolute Gasteiger partial charge is 0.167 e. The van der Waals surface area contributed by atoms with Crippen molar-refractivity contribution in [1.29, 1.82) is 5.41 Å². The molecule has 0 saturated carbocycles. The lowest BCUT2D eigenvalue weighted by Crippen LogP contribution is -2.18. The van der Waals surface area contributed by atoms with Crippen LogP contribution in [0.15, 0.2) is 36.5 Å². The van der Waals surface area contributed by atoms with Crippen LogP contribution in [0.5, 0.6) is 0 Å². The lowest BCUT2D eigenvalue weighted by Gasteiger charge is -2.10. The van der Waals surface area contributed by atoms with Crippen molar-refractivity contribution in [2.24, 2.45) is 0 Å². The number of nitrogens with zero attached hydrogens (tertiary/aromatic N) is 2. The van der Waals surface area contributed by atoms with Crippen molar-refractivity contribution in [2.75, 3.05) is 20.1 Å². The predicted molar refractivity (Wildman–Crippen MR) is 107 cm³/mol. The fourth-order valence-electron chi connectivity index (χ4n) is 2.82. The summed E-state index contributed by atoms with van der Waals surface area (Å²) in [7, 11) is 2.21. The van der Waals surface area contributed by atoms with Gasteiger partial charge < -0.3 is 15.3 Å². The van der Waals surface area contributed by atoms with Crippen LogP contribution in [0.1, 0.15) is 54.5 Å². The number of halogens is 1. The summed E-state index contributed by atoms with van der Waals surface area (Å²) in [5.41, 5.74) is 1.97. The fraction of sp³-hybridized carbons (Fsp3) is 0.381. The highest BCUT2D eigenvalue weighted by Gasteiger charge is 2.05. The van der Waals surface area contributed by atoms with E-state index in [4.69, 9.17) is 5.41 Å². The van der Waals surface area contributed by atoms with E-state index in [9.17, 15) is 9.18 Å². The number of allylic oxidation sites excluding steroid dienone is 2. The number of hydrogen-bond acceptors (Lipinski definition) is 4. The number of carbonyl (C=O) groups is 1. The Balaban J connectivity index is 0.000000273. The maximum absolute atomic E-state index is 12.8. The second-order valence-corrected chi connectivity index (χ2v) is 6.77. The SMILES string of the molecule is C/C(=C/C(=N)c1ccc(F)cc1)c1ncc(C=O)[nH]1.CN1CCCCCC1. The number of hydrogen-bond donors (Lipinski definition) is 2. The van der Waals surface area contributed by atoms with Gasteiger partial charge in [0.1, 0.15) is 11.6 Å². The van der Waals surface area contributed by atoms with Crippen LogP contribution in [0, 0.1) is 11.2 Å². The van der Waals surface area contributed by atoms with Crippen molar-refractivity contribution in [3.05, 3.63) is 59.4 Å². The fourth-order valence-corrected chi connectivity index (χ4v) is 2.82. The monoisotopic (exact) mass is 370 g/mol. The molecule has 1 aliphatic heterocycles. The molecule has 1 aromatic heterocycles. The van der Waals surface area contributed by atoms with E-state index in [1.807, 2.05) is 0 Å². The number of likely N-dealkylation sites (tertiary alicyclic amines) is 1. The lowest BCUT2D eigenvalue weighted by atomic mass is 10.1. The average molecular weight is 370 g/mol. The summed E-state index contributed by atoms with van der Waals surface area (Å²) in [5.74, 6) is 0.202. The van der Waals surface area contributed by atoms with Gasteiger partial charge in [-0.1, -0.05) is 12.8 Å². The van der Waals surface area contributed by atoms with E-state index in [0.717, 1.165) is 5.57 Å². The molecule has 144 valence electrons. The first-order valence-electron chi connectivity index (χ1n) is 9.21. The predicted octanol–water partition coefficient (Wildman–Crippen LogP) is 4.32. The van der Waals surface area contributed by atoms with Gasteiger partial charge in [-0.3, -0.25) is 4.79 Å². The van der Waals surface area contributed by atoms with Crippen LogP contribution < -0.4 is 0 Å². The second kappa shape index (κ2) is 10.5. The van der Waals surface area contributed by atoms with Crippen molar-refractivity contribution in [1.82, 2.24) is 14.9 Å². The van der Waals surface area contributed by atoms with Crippen LogP contribution in [0.25, 0.3) is 5.57 Å². The summed E-state index contributed by atoms with van der Waals surface area (Å²) in [6.07, 6.45) is 9.44. The normalized spacial score (nSPS) is 15.4. The molecule has 3 rings (SSSR count). The van der Waals surface area contributed by atoms with Crippen LogP contribution in [0.4, 0.5) is 4.39 Å². The van der Waals surface area contributed by atoms with Gasteiger partial charge in [0.2, 0.25) is 0 Å². The molecule has 5 nitrogen and oxygen atoms in total. The lowest BCUT2D eigenvalue weighted by molar-refractivity contribution is 0.111. The van der Waals surface area contributed by atoms with Gasteiger partial charge in [-0.05, 0) is 81.4 Å². The van der Waals surface area contributed by atoms with Gasteiger partial charge in [-0.15, -0.1) is 0 Å². The zero-order valence-corrected chi connectivity index (χ0v) is 16.0. The Morgan fingerprint density at radius 2 is 1.81 bits per heavy atom. The standard InChI is InChI=1S/C14H12FN3O.C7H15N/c1-9(14-17-7-12(8-19)18-14)6-13(16)10-2-4-11(15)5-3-10;1-8-6-4-2-3-5-7-8/h2-8,16H,1H3,(H,17,18);2-7H2,1H3/b9-6-,16-13?;. The van der Waals surface area contributed by atoms with E-state index < -0.39 is 0 Å². The molecule has 1 aromatic carbocycles. The summed E-state index contributed by atoms with van der Waals surface area (Å²) in [6, 6.07) is 5.70. The van der Waals surface area contributed by atoms with E-state index in [-0.39, 0.29) is 11.5 Å². The van der Waals surface area contributed by atoms with Crippen molar-refractivity contribution in [3.63, 3.8) is 0 Å². The Labute approximate surface area is 159 Å². The van der Waals surface area contributed by atoms with E-state index >= 15 is 0 Å². The molecular formula is C21H27FN4O. The number of H-pyrrole nitrogens is 1. The summed E-state index contributed by atoms with van der Waals surface area (Å²) in [6.45, 7) is 4.42. The first-order chi connectivity index (χ1) is 13.0. The van der Waals surface area contributed by atoms with Crippen molar-refractivity contribution in [2.45, 2.75) is 32.6 Å². The highest BCUT2D eigenvalue weighted by Crippen LogP contribution is 2.12. The highest BCUT2D eigenvalue weighted by atomic mass is 19.1. The third-order valence-corrected chi connectivity index (χ3v) is 4.44. The van der Waals surface area contributed by atoms with E-state index in [1.54, 1.807) is 25.1 Å². The van der Waals surface area contributed by atoms with E-state index in [1.165, 1.54) is 57.1 Å². The summed E-state index contributed by atoms with van der Waals surface area (Å²) in [4.78, 5) is 19.8. The molecule has 1 fully saturated rings. The van der Waals surface area contributed by atoms with Crippen molar-refractivity contribution >= 4 is 17.6 Å². The topological polar surface area (TPSA) is 72.8 Å². The number of carbonyl (C=O) groups excluding carboxylic acids is 1. The molecule has 0 bridgehead atoms. The Hall–Kier alpha value is -2.60. The number of nitrogens with one attached hydrogen (secondary N) is 2. The molecule has 0 amide bonds. The Morgan fingerprint density at radius 3 is 2.37 bits per heavy atom. The van der Waals surface area contributed by atoms with Crippen LogP contribution in [-0.4, -0.2) is 47.0 Å². The maximum atomic E-state index is 12.8. The highest BCUT2D eigenvalue weighted by molar-refractivity contribution is 6.09. The minimum atomic E-state index is -0.334. The van der Waals surface area contributed by atoms with Gasteiger partial charge in [0.25, 0.3) is 0 Å². The summed E-state index contributed by atoms with van der Waals surface area (Å²) in [5, 5.41) is 7.92. The molecule has 0 unspecified atom stereocenters. The molecular weight excluding hydrogens is 343 g/mol. The van der Waals surface area contributed by atoms with Gasteiger partial charge in [0, 0.05) is 0 Å². The minimum Gasteiger partial charge on any atom is -0.336 e. The van der Waals surface area contributed by atoms with Crippen LogP contribution in [0.2, 0.25) is 0 Å². The average Bonchev–Trinajstić information content (AvgIpc) is 3.03.